The predicted octanol–water partition coefficient (Wildman–Crippen LogP) is 6.03. The van der Waals surface area contributed by atoms with Crippen molar-refractivity contribution in [1.29, 1.82) is 0 Å². The molecule has 0 saturated carbocycles. The zero-order chi connectivity index (χ0) is 44.5. The summed E-state index contributed by atoms with van der Waals surface area (Å²) in [5, 5.41) is 10.8. The number of hydrogen-bond acceptors (Lipinski definition) is 7. The van der Waals surface area contributed by atoms with E-state index >= 15 is 0 Å². The van der Waals surface area contributed by atoms with Gasteiger partial charge in [0.1, 0.15) is 29.8 Å². The first-order chi connectivity index (χ1) is 29.7. The van der Waals surface area contributed by atoms with Gasteiger partial charge >= 0.3 is 0 Å². The Kier molecular flexibility index (Phi) is 15.0. The number of aromatic nitrogens is 1. The van der Waals surface area contributed by atoms with Gasteiger partial charge in [-0.2, -0.15) is 0 Å². The minimum Gasteiger partial charge on any atom is -0.398 e. The van der Waals surface area contributed by atoms with Crippen LogP contribution in [0.25, 0.3) is 11.1 Å². The van der Waals surface area contributed by atoms with E-state index in [9.17, 15) is 24.0 Å². The molecule has 0 radical (unpaired) electrons. The van der Waals surface area contributed by atoms with Gasteiger partial charge in [-0.05, 0) is 84.1 Å². The number of rotatable bonds is 15. The molecule has 0 aliphatic carbocycles. The third-order valence-electron chi connectivity index (χ3n) is 12.7. The summed E-state index contributed by atoms with van der Waals surface area (Å²) in [6.07, 6.45) is 6.82. The summed E-state index contributed by atoms with van der Waals surface area (Å²) >= 11 is 0. The monoisotopic (exact) mass is 857 g/mol. The van der Waals surface area contributed by atoms with Gasteiger partial charge in [0.15, 0.2) is 5.78 Å². The maximum Gasteiger partial charge on any atom is 0.262 e. The van der Waals surface area contributed by atoms with E-state index in [-0.39, 0.29) is 35.5 Å². The van der Waals surface area contributed by atoms with Crippen LogP contribution in [-0.2, 0) is 34.8 Å². The smallest absolute Gasteiger partial charge is 0.262 e. The first-order valence-electron chi connectivity index (χ1n) is 22.2. The van der Waals surface area contributed by atoms with Gasteiger partial charge in [-0.25, -0.2) is 0 Å². The first kappa shape index (κ1) is 46.0. The summed E-state index contributed by atoms with van der Waals surface area (Å²) in [5.41, 5.74) is 1.43. The molecule has 2 aliphatic rings. The Labute approximate surface area is 367 Å². The van der Waals surface area contributed by atoms with Gasteiger partial charge in [0.25, 0.3) is 8.32 Å². The highest BCUT2D eigenvalue weighted by Crippen LogP contribution is 2.38. The normalized spacial score (nSPS) is 21.8. The summed E-state index contributed by atoms with van der Waals surface area (Å²) in [7, 11) is -2.92. The van der Waals surface area contributed by atoms with Gasteiger partial charge in [0.2, 0.25) is 23.6 Å². The lowest BCUT2D eigenvalue weighted by Gasteiger charge is -2.44. The summed E-state index contributed by atoms with van der Waals surface area (Å²) in [4.78, 5) is 75.9. The molecule has 2 fully saturated rings. The van der Waals surface area contributed by atoms with Crippen molar-refractivity contribution in [3.8, 4) is 11.1 Å². The molecule has 1 aromatic heterocycles. The number of carbonyl (C=O) groups is 5. The minimum atomic E-state index is -2.92. The van der Waals surface area contributed by atoms with Gasteiger partial charge in [0.05, 0.1) is 0 Å². The van der Waals surface area contributed by atoms with Crippen LogP contribution >= 0.6 is 0 Å². The van der Waals surface area contributed by atoms with Crippen LogP contribution in [0.3, 0.4) is 0 Å². The van der Waals surface area contributed by atoms with E-state index in [2.05, 4.69) is 66.0 Å². The molecule has 4 aromatic rings. The van der Waals surface area contributed by atoms with Crippen LogP contribution in [-0.4, -0.2) is 83.9 Å². The number of unbranched alkanes of at least 4 members (excludes halogenated alkanes) is 2. The molecule has 0 bridgehead atoms. The van der Waals surface area contributed by atoms with Gasteiger partial charge in [-0.1, -0.05) is 132 Å². The molecule has 12 heteroatoms. The molecular weight excluding hydrogens is 795 g/mol. The van der Waals surface area contributed by atoms with E-state index in [1.165, 1.54) is 0 Å². The van der Waals surface area contributed by atoms with Crippen molar-refractivity contribution >= 4 is 48.1 Å². The number of Topliss-reactive ketones (excluding diaryl/α,β-unsaturated/α-hetero) is 1. The number of pyridine rings is 1. The SMILES string of the molecule is CC[C@]1(C)NC(=O)[C@H](CCCCCC(=O)[C@H](C)O[Si](c2ccccc2)(c2ccccc2)C(C)(C)C)NC(=O)[C@H]2CCCN2C(=O)[C@H](Cc2ccc(-c3cccnc3)cc2)NC1=O. The lowest BCUT2D eigenvalue weighted by atomic mass is 9.94. The van der Waals surface area contributed by atoms with Crippen molar-refractivity contribution in [3.05, 3.63) is 115 Å². The fourth-order valence-electron chi connectivity index (χ4n) is 8.87. The topological polar surface area (TPSA) is 147 Å². The number of hydrogen-bond donors (Lipinski definition) is 3. The summed E-state index contributed by atoms with van der Waals surface area (Å²) in [6.45, 7) is 12.2. The number of fused-ring (bicyclic) bond motifs is 1. The van der Waals surface area contributed by atoms with Gasteiger partial charge in [0, 0.05) is 31.8 Å². The number of benzene rings is 3. The highest BCUT2D eigenvalue weighted by Gasteiger charge is 2.51. The van der Waals surface area contributed by atoms with E-state index in [0.29, 0.717) is 51.5 Å². The second kappa shape index (κ2) is 20.2. The molecule has 0 unspecified atom stereocenters. The molecule has 3 heterocycles. The van der Waals surface area contributed by atoms with Crippen LogP contribution < -0.4 is 26.3 Å². The van der Waals surface area contributed by atoms with Crippen LogP contribution in [0.1, 0.15) is 98.5 Å². The molecule has 4 amide bonds. The van der Waals surface area contributed by atoms with E-state index in [4.69, 9.17) is 4.43 Å². The maximum atomic E-state index is 14.3. The van der Waals surface area contributed by atoms with Crippen molar-refractivity contribution in [2.75, 3.05) is 6.54 Å². The Morgan fingerprint density at radius 1 is 0.839 bits per heavy atom. The van der Waals surface area contributed by atoms with Crippen LogP contribution in [0.15, 0.2) is 109 Å². The van der Waals surface area contributed by atoms with E-state index < -0.39 is 49.9 Å². The summed E-state index contributed by atoms with van der Waals surface area (Å²) in [5.74, 6) is -1.61. The molecule has 62 heavy (non-hydrogen) atoms. The zero-order valence-electron chi connectivity index (χ0n) is 37.1. The number of ketones is 1. The van der Waals surface area contributed by atoms with E-state index in [1.807, 2.05) is 79.7 Å². The second-order valence-corrected chi connectivity index (χ2v) is 22.3. The lowest BCUT2D eigenvalue weighted by molar-refractivity contribution is -0.144. The highest BCUT2D eigenvalue weighted by atomic mass is 28.4. The molecule has 3 aromatic carbocycles. The van der Waals surface area contributed by atoms with E-state index in [0.717, 1.165) is 27.1 Å². The number of nitrogens with zero attached hydrogens (tertiary/aromatic N) is 2. The third-order valence-corrected chi connectivity index (χ3v) is 17.8. The predicted molar refractivity (Wildman–Crippen MR) is 245 cm³/mol. The average molecular weight is 858 g/mol. The van der Waals surface area contributed by atoms with Crippen molar-refractivity contribution in [2.45, 2.75) is 134 Å². The van der Waals surface area contributed by atoms with Crippen molar-refractivity contribution in [2.24, 2.45) is 0 Å². The number of carbonyl (C=O) groups excluding carboxylic acids is 5. The van der Waals surface area contributed by atoms with Gasteiger partial charge < -0.3 is 25.3 Å². The summed E-state index contributed by atoms with van der Waals surface area (Å²) in [6, 6.07) is 29.5. The van der Waals surface area contributed by atoms with Crippen LogP contribution in [0, 0.1) is 0 Å². The molecule has 11 nitrogen and oxygen atoms in total. The van der Waals surface area contributed by atoms with Crippen molar-refractivity contribution in [1.82, 2.24) is 25.8 Å². The van der Waals surface area contributed by atoms with Gasteiger partial charge in [-0.3, -0.25) is 29.0 Å². The molecule has 5 atom stereocenters. The molecule has 2 saturated heterocycles. The lowest BCUT2D eigenvalue weighted by Crippen LogP contribution is -2.68. The van der Waals surface area contributed by atoms with Crippen molar-refractivity contribution in [3.63, 3.8) is 0 Å². The molecule has 3 N–H and O–H groups in total. The number of nitrogens with one attached hydrogen (secondary N) is 3. The minimum absolute atomic E-state index is 0.0193. The van der Waals surface area contributed by atoms with E-state index in [1.54, 1.807) is 31.1 Å². The second-order valence-electron chi connectivity index (χ2n) is 18.1. The highest BCUT2D eigenvalue weighted by molar-refractivity contribution is 6.99. The Balaban J connectivity index is 1.11. The molecule has 328 valence electrons. The Hall–Kier alpha value is -5.46. The fourth-order valence-corrected chi connectivity index (χ4v) is 13.6. The quantitative estimate of drug-likeness (QED) is 0.0978. The van der Waals surface area contributed by atoms with Crippen LogP contribution in [0.5, 0.6) is 0 Å². The van der Waals surface area contributed by atoms with Gasteiger partial charge in [-0.15, -0.1) is 0 Å². The fraction of sp³-hybridized carbons (Fsp3) is 0.440. The standard InChI is InChI=1S/C50H63N5O6Si/c1-7-50(6)48(60)53-42(33-36-27-29-37(30-28-36)38-19-17-31-51-34-38)47(59)55-32-18-25-43(55)46(58)52-41(45(57)54-50)24-15-10-16-26-44(56)35(2)61-62(49(3,4)5,39-20-11-8-12-21-39)40-22-13-9-14-23-40/h8-9,11-14,17,19-23,27-31,34-35,41-43H,7,10,15-16,18,24-26,32-33H2,1-6H3,(H,52,58)(H,53,60)(H,54,57)/t35-,41-,42-,43+,50-/m0/s1. The Bertz CT molecular complexity index is 2130. The average Bonchev–Trinajstić information content (AvgIpc) is 3.78. The molecule has 0 spiro atoms. The largest absolute Gasteiger partial charge is 0.398 e. The molecular formula is C50H63N5O6Si. The zero-order valence-corrected chi connectivity index (χ0v) is 38.1. The Morgan fingerprint density at radius 3 is 2.10 bits per heavy atom. The molecule has 2 aliphatic heterocycles. The van der Waals surface area contributed by atoms with Crippen LogP contribution in [0.2, 0.25) is 5.04 Å². The molecule has 6 rings (SSSR count). The Morgan fingerprint density at radius 2 is 1.50 bits per heavy atom. The summed E-state index contributed by atoms with van der Waals surface area (Å²) < 4.78 is 7.04. The maximum absolute atomic E-state index is 14.3. The third kappa shape index (κ3) is 10.4. The van der Waals surface area contributed by atoms with Crippen LogP contribution in [0.4, 0.5) is 0 Å². The number of amides is 4. The van der Waals surface area contributed by atoms with Crippen molar-refractivity contribution < 1.29 is 28.4 Å². The first-order valence-corrected chi connectivity index (χ1v) is 24.1.